The summed E-state index contributed by atoms with van der Waals surface area (Å²) in [5, 5.41) is 9.68. The van der Waals surface area contributed by atoms with Gasteiger partial charge in [-0.3, -0.25) is 9.59 Å². The summed E-state index contributed by atoms with van der Waals surface area (Å²) in [6.45, 7) is 6.68. The summed E-state index contributed by atoms with van der Waals surface area (Å²) in [6, 6.07) is 5.37. The number of halogens is 2. The predicted octanol–water partition coefficient (Wildman–Crippen LogP) is 3.90. The van der Waals surface area contributed by atoms with Crippen LogP contribution in [0.4, 0.5) is 0 Å². The first-order valence-corrected chi connectivity index (χ1v) is 10.1. The van der Waals surface area contributed by atoms with Crippen LogP contribution in [0.5, 0.6) is 5.75 Å². The fourth-order valence-electron chi connectivity index (χ4n) is 2.84. The van der Waals surface area contributed by atoms with E-state index in [2.05, 4.69) is 31.9 Å². The molecule has 1 aromatic carbocycles. The zero-order valence-electron chi connectivity index (χ0n) is 15.8. The van der Waals surface area contributed by atoms with E-state index in [0.717, 1.165) is 0 Å². The van der Waals surface area contributed by atoms with E-state index in [1.165, 1.54) is 0 Å². The average molecular weight is 516 g/mol. The summed E-state index contributed by atoms with van der Waals surface area (Å²) in [5.74, 6) is -3.88. The molecule has 9 heteroatoms. The lowest BCUT2D eigenvalue weighted by atomic mass is 9.79. The zero-order valence-corrected chi connectivity index (χ0v) is 19.0. The summed E-state index contributed by atoms with van der Waals surface area (Å²) in [7, 11) is 0. The molecule has 0 radical (unpaired) electrons. The maximum atomic E-state index is 12.9. The van der Waals surface area contributed by atoms with Gasteiger partial charge < -0.3 is 19.9 Å². The number of benzene rings is 1. The summed E-state index contributed by atoms with van der Waals surface area (Å²) in [6.07, 6.45) is -0.912. The molecule has 0 unspecified atom stereocenters. The number of hydrogen-bond acceptors (Lipinski definition) is 7. The van der Waals surface area contributed by atoms with Gasteiger partial charge in [-0.25, -0.2) is 0 Å². The van der Waals surface area contributed by atoms with Crippen LogP contribution in [0.25, 0.3) is 0 Å². The van der Waals surface area contributed by atoms with Crippen molar-refractivity contribution in [3.63, 3.8) is 0 Å². The molecule has 1 aliphatic rings. The number of allylic oxidation sites excluding steroid dienone is 1. The largest absolute Gasteiger partial charge is 0.462 e. The highest BCUT2D eigenvalue weighted by Crippen LogP contribution is 2.47. The van der Waals surface area contributed by atoms with Crippen LogP contribution in [-0.4, -0.2) is 24.1 Å². The third-order valence-electron chi connectivity index (χ3n) is 3.83. The molecule has 1 aromatic rings. The molecule has 0 fully saturated rings. The molecule has 0 aromatic heterocycles. The number of nitrogens with two attached hydrogens (primary N) is 1. The number of hydrogen-bond donors (Lipinski definition) is 1. The van der Waals surface area contributed by atoms with E-state index >= 15 is 0 Å². The van der Waals surface area contributed by atoms with Gasteiger partial charge in [0.2, 0.25) is 5.88 Å². The van der Waals surface area contributed by atoms with Crippen molar-refractivity contribution in [2.45, 2.75) is 45.8 Å². The van der Waals surface area contributed by atoms with Crippen LogP contribution in [0.15, 0.2) is 32.5 Å². The molecule has 2 N–H and O–H groups in total. The molecule has 1 aliphatic heterocycles. The normalized spacial score (nSPS) is 15.9. The average Bonchev–Trinajstić information content (AvgIpc) is 2.54. The van der Waals surface area contributed by atoms with Gasteiger partial charge in [-0.15, -0.1) is 0 Å². The van der Waals surface area contributed by atoms with Crippen LogP contribution in [0.2, 0.25) is 0 Å². The summed E-state index contributed by atoms with van der Waals surface area (Å²) < 4.78 is 17.4. The number of esters is 2. The quantitative estimate of drug-likeness (QED) is 0.467. The molecule has 2 rings (SSSR count). The number of nitriles is 1. The van der Waals surface area contributed by atoms with E-state index in [0.29, 0.717) is 20.3 Å². The van der Waals surface area contributed by atoms with Crippen LogP contribution in [0, 0.1) is 17.2 Å². The zero-order chi connectivity index (χ0) is 21.2. The first kappa shape index (κ1) is 22.2. The van der Waals surface area contributed by atoms with E-state index in [1.54, 1.807) is 39.8 Å². The van der Waals surface area contributed by atoms with Gasteiger partial charge in [0.1, 0.15) is 11.8 Å². The summed E-state index contributed by atoms with van der Waals surface area (Å²) >= 11 is 6.77. The lowest BCUT2D eigenvalue weighted by Gasteiger charge is -2.31. The van der Waals surface area contributed by atoms with Gasteiger partial charge in [0.25, 0.3) is 0 Å². The molecule has 0 spiro atoms. The van der Waals surface area contributed by atoms with Crippen molar-refractivity contribution in [3.05, 3.63) is 38.1 Å². The van der Waals surface area contributed by atoms with Gasteiger partial charge in [-0.05, 0) is 55.8 Å². The standard InChI is InChI=1S/C19H20Br2N2O5/c1-8(2)26-18(24)15(19(25)27-9(3)4)14-11-5-10(20)6-13(21)16(11)28-17(23)12(14)7-22/h5-6,8-9,14-15H,23H2,1-4H3/t14-/m1/s1. The highest BCUT2D eigenvalue weighted by molar-refractivity contribution is 9.11. The van der Waals surface area contributed by atoms with Gasteiger partial charge in [0.05, 0.1) is 28.2 Å². The van der Waals surface area contributed by atoms with Crippen molar-refractivity contribution < 1.29 is 23.8 Å². The highest BCUT2D eigenvalue weighted by Gasteiger charge is 2.46. The molecule has 1 heterocycles. The molecule has 0 saturated carbocycles. The maximum absolute atomic E-state index is 12.9. The fraction of sp³-hybridized carbons (Fsp3) is 0.421. The van der Waals surface area contributed by atoms with Crippen molar-refractivity contribution in [1.29, 1.82) is 5.26 Å². The van der Waals surface area contributed by atoms with Crippen LogP contribution in [-0.2, 0) is 19.1 Å². The smallest absolute Gasteiger partial charge is 0.321 e. The van der Waals surface area contributed by atoms with Crippen molar-refractivity contribution in [2.24, 2.45) is 11.7 Å². The number of rotatable bonds is 5. The Morgan fingerprint density at radius 1 is 1.14 bits per heavy atom. The third kappa shape index (κ3) is 4.67. The molecule has 0 aliphatic carbocycles. The number of carbonyl (C=O) groups is 2. The second-order valence-corrected chi connectivity index (χ2v) is 8.49. The van der Waals surface area contributed by atoms with E-state index in [4.69, 9.17) is 19.9 Å². The van der Waals surface area contributed by atoms with Crippen LogP contribution < -0.4 is 10.5 Å². The Balaban J connectivity index is 2.70. The Morgan fingerprint density at radius 3 is 2.14 bits per heavy atom. The molecule has 150 valence electrons. The molecule has 0 saturated heterocycles. The molecule has 0 amide bonds. The minimum absolute atomic E-state index is 0.0380. The SMILES string of the molecule is CC(C)OC(=O)C(C(=O)OC(C)C)[C@H]1C(C#N)=C(N)Oc2c(Br)cc(Br)cc21. The third-order valence-corrected chi connectivity index (χ3v) is 4.87. The van der Waals surface area contributed by atoms with Crippen molar-refractivity contribution in [3.8, 4) is 11.8 Å². The van der Waals surface area contributed by atoms with Crippen LogP contribution in [0.1, 0.15) is 39.2 Å². The van der Waals surface area contributed by atoms with Crippen LogP contribution >= 0.6 is 31.9 Å². The lowest BCUT2D eigenvalue weighted by molar-refractivity contribution is -0.167. The van der Waals surface area contributed by atoms with Gasteiger partial charge in [0, 0.05) is 10.0 Å². The Hall–Kier alpha value is -2.05. The molecule has 0 bridgehead atoms. The first-order valence-electron chi connectivity index (χ1n) is 8.54. The number of carbonyl (C=O) groups excluding carboxylic acids is 2. The van der Waals surface area contributed by atoms with E-state index in [9.17, 15) is 14.9 Å². The summed E-state index contributed by atoms with van der Waals surface area (Å²) in [5.41, 5.74) is 6.35. The Labute approximate surface area is 180 Å². The van der Waals surface area contributed by atoms with Gasteiger partial charge >= 0.3 is 11.9 Å². The molecule has 28 heavy (non-hydrogen) atoms. The highest BCUT2D eigenvalue weighted by atomic mass is 79.9. The second kappa shape index (κ2) is 8.97. The molecular weight excluding hydrogens is 496 g/mol. The molecular formula is C19H20Br2N2O5. The Morgan fingerprint density at radius 2 is 1.68 bits per heavy atom. The second-order valence-electron chi connectivity index (χ2n) is 6.72. The molecule has 1 atom stereocenters. The molecule has 7 nitrogen and oxygen atoms in total. The number of ether oxygens (including phenoxy) is 3. The number of fused-ring (bicyclic) bond motifs is 1. The van der Waals surface area contributed by atoms with Gasteiger partial charge in [-0.1, -0.05) is 15.9 Å². The summed E-state index contributed by atoms with van der Waals surface area (Å²) in [4.78, 5) is 25.7. The monoisotopic (exact) mass is 514 g/mol. The fourth-order valence-corrected chi connectivity index (χ4v) is 4.18. The Kier molecular flexibility index (Phi) is 7.12. The minimum atomic E-state index is -1.41. The van der Waals surface area contributed by atoms with E-state index in [-0.39, 0.29) is 11.5 Å². The van der Waals surface area contributed by atoms with Crippen molar-refractivity contribution >= 4 is 43.8 Å². The van der Waals surface area contributed by atoms with E-state index in [1.807, 2.05) is 6.07 Å². The van der Waals surface area contributed by atoms with Crippen molar-refractivity contribution in [1.82, 2.24) is 0 Å². The minimum Gasteiger partial charge on any atom is -0.462 e. The van der Waals surface area contributed by atoms with Crippen molar-refractivity contribution in [2.75, 3.05) is 0 Å². The predicted molar refractivity (Wildman–Crippen MR) is 108 cm³/mol. The van der Waals surface area contributed by atoms with Crippen LogP contribution in [0.3, 0.4) is 0 Å². The maximum Gasteiger partial charge on any atom is 0.321 e. The van der Waals surface area contributed by atoms with E-state index < -0.39 is 36.0 Å². The van der Waals surface area contributed by atoms with Gasteiger partial charge in [0.15, 0.2) is 5.92 Å². The lowest BCUT2D eigenvalue weighted by Crippen LogP contribution is -2.38. The first-order chi connectivity index (χ1) is 13.1. The Bertz CT molecular complexity index is 852. The van der Waals surface area contributed by atoms with Gasteiger partial charge in [-0.2, -0.15) is 5.26 Å². The number of nitrogens with zero attached hydrogens (tertiary/aromatic N) is 1. The topological polar surface area (TPSA) is 112 Å².